The summed E-state index contributed by atoms with van der Waals surface area (Å²) < 4.78 is 0. The van der Waals surface area contributed by atoms with E-state index in [2.05, 4.69) is 15.6 Å². The molecular formula is C17H22N4OS. The maximum absolute atomic E-state index is 12.1. The molecule has 6 heteroatoms. The molecule has 0 unspecified atom stereocenters. The van der Waals surface area contributed by atoms with Gasteiger partial charge in [-0.25, -0.2) is 4.98 Å². The van der Waals surface area contributed by atoms with Gasteiger partial charge in [0.25, 0.3) is 0 Å². The summed E-state index contributed by atoms with van der Waals surface area (Å²) >= 11 is 1.57. The van der Waals surface area contributed by atoms with E-state index in [4.69, 9.17) is 5.73 Å². The number of benzene rings is 1. The predicted octanol–water partition coefficient (Wildman–Crippen LogP) is 3.65. The van der Waals surface area contributed by atoms with E-state index in [9.17, 15) is 4.79 Å². The van der Waals surface area contributed by atoms with Crippen LogP contribution in [0.15, 0.2) is 29.6 Å². The molecule has 1 aliphatic rings. The van der Waals surface area contributed by atoms with E-state index in [1.165, 1.54) is 0 Å². The SMILES string of the molecule is Cc1csc(Nc2ccc(NC(=O)C[C@@H]3CCC[C@H]3N)cc2)n1. The number of anilines is 3. The van der Waals surface area contributed by atoms with Crippen molar-refractivity contribution in [2.24, 2.45) is 11.7 Å². The molecule has 0 bridgehead atoms. The number of rotatable bonds is 5. The average Bonchev–Trinajstić information content (AvgIpc) is 3.10. The van der Waals surface area contributed by atoms with Crippen LogP contribution < -0.4 is 16.4 Å². The molecule has 23 heavy (non-hydrogen) atoms. The van der Waals surface area contributed by atoms with Crippen LogP contribution in [0.3, 0.4) is 0 Å². The number of hydrogen-bond acceptors (Lipinski definition) is 5. The molecule has 1 aliphatic carbocycles. The van der Waals surface area contributed by atoms with Gasteiger partial charge in [-0.1, -0.05) is 6.42 Å². The van der Waals surface area contributed by atoms with Gasteiger partial charge in [0.2, 0.25) is 5.91 Å². The Labute approximate surface area is 140 Å². The normalized spacial score (nSPS) is 20.4. The van der Waals surface area contributed by atoms with Gasteiger partial charge in [-0.05, 0) is 49.9 Å². The van der Waals surface area contributed by atoms with Crippen molar-refractivity contribution in [1.29, 1.82) is 0 Å². The summed E-state index contributed by atoms with van der Waals surface area (Å²) in [5.41, 5.74) is 8.79. The number of nitrogens with two attached hydrogens (primary N) is 1. The summed E-state index contributed by atoms with van der Waals surface area (Å²) in [6, 6.07) is 7.85. The summed E-state index contributed by atoms with van der Waals surface area (Å²) in [7, 11) is 0. The smallest absolute Gasteiger partial charge is 0.224 e. The largest absolute Gasteiger partial charge is 0.332 e. The third kappa shape index (κ3) is 4.30. The van der Waals surface area contributed by atoms with Gasteiger partial charge in [-0.2, -0.15) is 0 Å². The fraction of sp³-hybridized carbons (Fsp3) is 0.412. The van der Waals surface area contributed by atoms with Gasteiger partial charge in [-0.3, -0.25) is 4.79 Å². The summed E-state index contributed by atoms with van der Waals surface area (Å²) in [6.45, 7) is 1.97. The van der Waals surface area contributed by atoms with Crippen LogP contribution in [0.4, 0.5) is 16.5 Å². The Balaban J connectivity index is 1.53. The Bertz CT molecular complexity index is 667. The van der Waals surface area contributed by atoms with Crippen LogP contribution in [-0.4, -0.2) is 16.9 Å². The third-order valence-electron chi connectivity index (χ3n) is 4.20. The first-order chi connectivity index (χ1) is 11.1. The number of carbonyl (C=O) groups excluding carboxylic acids is 1. The first kappa shape index (κ1) is 16.0. The van der Waals surface area contributed by atoms with Gasteiger partial charge < -0.3 is 16.4 Å². The molecule has 1 saturated carbocycles. The molecule has 1 heterocycles. The van der Waals surface area contributed by atoms with Crippen molar-refractivity contribution in [3.05, 3.63) is 35.3 Å². The van der Waals surface area contributed by atoms with Crippen molar-refractivity contribution in [3.8, 4) is 0 Å². The van der Waals surface area contributed by atoms with Gasteiger partial charge in [0.15, 0.2) is 5.13 Å². The second kappa shape index (κ2) is 7.10. The minimum absolute atomic E-state index is 0.0450. The zero-order chi connectivity index (χ0) is 16.2. The molecule has 1 fully saturated rings. The maximum Gasteiger partial charge on any atom is 0.224 e. The molecule has 1 aromatic carbocycles. The molecule has 2 aromatic rings. The Morgan fingerprint density at radius 2 is 2.04 bits per heavy atom. The van der Waals surface area contributed by atoms with Gasteiger partial charge >= 0.3 is 0 Å². The number of carbonyl (C=O) groups is 1. The molecule has 0 saturated heterocycles. The van der Waals surface area contributed by atoms with E-state index >= 15 is 0 Å². The van der Waals surface area contributed by atoms with E-state index in [1.54, 1.807) is 11.3 Å². The highest BCUT2D eigenvalue weighted by molar-refractivity contribution is 7.13. The number of nitrogens with one attached hydrogen (secondary N) is 2. The lowest BCUT2D eigenvalue weighted by Gasteiger charge is -2.14. The minimum Gasteiger partial charge on any atom is -0.332 e. The summed E-state index contributed by atoms with van der Waals surface area (Å²) in [5.74, 6) is 0.368. The van der Waals surface area contributed by atoms with E-state index in [1.807, 2.05) is 36.6 Å². The van der Waals surface area contributed by atoms with Crippen molar-refractivity contribution in [3.63, 3.8) is 0 Å². The third-order valence-corrected chi connectivity index (χ3v) is 5.08. The molecular weight excluding hydrogens is 308 g/mol. The molecule has 5 nitrogen and oxygen atoms in total. The summed E-state index contributed by atoms with van der Waals surface area (Å²) in [5, 5.41) is 9.07. The van der Waals surface area contributed by atoms with Crippen molar-refractivity contribution >= 4 is 33.8 Å². The highest BCUT2D eigenvalue weighted by Gasteiger charge is 2.25. The van der Waals surface area contributed by atoms with E-state index in [0.29, 0.717) is 12.3 Å². The van der Waals surface area contributed by atoms with Crippen molar-refractivity contribution in [2.75, 3.05) is 10.6 Å². The Kier molecular flexibility index (Phi) is 4.93. The molecule has 3 rings (SSSR count). The zero-order valence-electron chi connectivity index (χ0n) is 13.2. The molecule has 122 valence electrons. The molecule has 0 spiro atoms. The standard InChI is InChI=1S/C17H22N4OS/c1-11-10-23-17(19-11)21-14-7-5-13(6-8-14)20-16(22)9-12-3-2-4-15(12)18/h5-8,10,12,15H,2-4,9,18H2,1H3,(H,19,21)(H,20,22)/t12-,15+/m0/s1. The lowest BCUT2D eigenvalue weighted by atomic mass is 10.00. The molecule has 0 radical (unpaired) electrons. The number of amides is 1. The maximum atomic E-state index is 12.1. The number of hydrogen-bond donors (Lipinski definition) is 3. The van der Waals surface area contributed by atoms with Crippen molar-refractivity contribution < 1.29 is 4.79 Å². The van der Waals surface area contributed by atoms with Crippen LogP contribution in [0.2, 0.25) is 0 Å². The van der Waals surface area contributed by atoms with Crippen LogP contribution in [0.5, 0.6) is 0 Å². The minimum atomic E-state index is 0.0450. The number of aromatic nitrogens is 1. The molecule has 4 N–H and O–H groups in total. The fourth-order valence-electron chi connectivity index (χ4n) is 2.94. The van der Waals surface area contributed by atoms with Crippen molar-refractivity contribution in [1.82, 2.24) is 4.98 Å². The molecule has 1 aromatic heterocycles. The predicted molar refractivity (Wildman–Crippen MR) is 95.1 cm³/mol. The molecule has 0 aliphatic heterocycles. The molecule has 2 atom stereocenters. The summed E-state index contributed by atoms with van der Waals surface area (Å²) in [4.78, 5) is 16.5. The van der Waals surface area contributed by atoms with Crippen LogP contribution in [0, 0.1) is 12.8 Å². The first-order valence-corrected chi connectivity index (χ1v) is 8.83. The number of aryl methyl sites for hydroxylation is 1. The zero-order valence-corrected chi connectivity index (χ0v) is 14.0. The second-order valence-electron chi connectivity index (χ2n) is 6.10. The Morgan fingerprint density at radius 3 is 2.65 bits per heavy atom. The fourth-order valence-corrected chi connectivity index (χ4v) is 3.65. The van der Waals surface area contributed by atoms with Gasteiger partial charge in [0, 0.05) is 29.2 Å². The van der Waals surface area contributed by atoms with Gasteiger partial charge in [0.1, 0.15) is 0 Å². The van der Waals surface area contributed by atoms with E-state index < -0.39 is 0 Å². The lowest BCUT2D eigenvalue weighted by molar-refractivity contribution is -0.117. The van der Waals surface area contributed by atoms with E-state index in [-0.39, 0.29) is 11.9 Å². The average molecular weight is 330 g/mol. The van der Waals surface area contributed by atoms with Crippen molar-refractivity contribution in [2.45, 2.75) is 38.6 Å². The quantitative estimate of drug-likeness (QED) is 0.782. The van der Waals surface area contributed by atoms with Crippen LogP contribution >= 0.6 is 11.3 Å². The van der Waals surface area contributed by atoms with Crippen LogP contribution in [0.1, 0.15) is 31.4 Å². The van der Waals surface area contributed by atoms with Gasteiger partial charge in [-0.15, -0.1) is 11.3 Å². The topological polar surface area (TPSA) is 80.0 Å². The van der Waals surface area contributed by atoms with E-state index in [0.717, 1.165) is 41.5 Å². The highest BCUT2D eigenvalue weighted by Crippen LogP contribution is 2.27. The van der Waals surface area contributed by atoms with Gasteiger partial charge in [0.05, 0.1) is 5.69 Å². The highest BCUT2D eigenvalue weighted by atomic mass is 32.1. The van der Waals surface area contributed by atoms with Crippen LogP contribution in [0.25, 0.3) is 0 Å². The first-order valence-electron chi connectivity index (χ1n) is 7.95. The Hall–Kier alpha value is -1.92. The van der Waals surface area contributed by atoms with Crippen LogP contribution in [-0.2, 0) is 4.79 Å². The number of thiazole rings is 1. The summed E-state index contributed by atoms with van der Waals surface area (Å²) in [6.07, 6.45) is 3.74. The number of nitrogens with zero attached hydrogens (tertiary/aromatic N) is 1. The lowest BCUT2D eigenvalue weighted by Crippen LogP contribution is -2.28. The molecule has 1 amide bonds. The Morgan fingerprint density at radius 1 is 1.30 bits per heavy atom. The second-order valence-corrected chi connectivity index (χ2v) is 6.96. The monoisotopic (exact) mass is 330 g/mol.